The first-order valence-corrected chi connectivity index (χ1v) is 36.6. The largest absolute Gasteiger partial charge is 0.487 e. The Hall–Kier alpha value is -9.75. The predicted molar refractivity (Wildman–Crippen MR) is 413 cm³/mol. The predicted octanol–water partition coefficient (Wildman–Crippen LogP) is 19.2. The van der Waals surface area contributed by atoms with Crippen LogP contribution in [0.5, 0.6) is 11.5 Å². The Morgan fingerprint density at radius 2 is 0.515 bits per heavy atom. The highest BCUT2D eigenvalue weighted by Gasteiger charge is 2.49. The quantitative estimate of drug-likeness (QED) is 0.0498. The molecule has 3 heterocycles. The van der Waals surface area contributed by atoms with Gasteiger partial charge in [-0.05, 0) is 160 Å². The molecule has 13 heteroatoms. The number of rotatable bonds is 22. The minimum Gasteiger partial charge on any atom is -0.487 e. The van der Waals surface area contributed by atoms with Crippen molar-refractivity contribution in [3.8, 4) is 11.5 Å². The van der Waals surface area contributed by atoms with E-state index < -0.39 is 34.1 Å². The van der Waals surface area contributed by atoms with Gasteiger partial charge in [-0.3, -0.25) is 29.6 Å². The molecule has 11 rings (SSSR count). The second-order valence-electron chi connectivity index (χ2n) is 34.6. The Balaban J connectivity index is 0.752. The van der Waals surface area contributed by atoms with Crippen molar-refractivity contribution >= 4 is 17.8 Å². The molecule has 1 saturated heterocycles. The van der Waals surface area contributed by atoms with Gasteiger partial charge in [-0.2, -0.15) is 0 Å². The summed E-state index contributed by atoms with van der Waals surface area (Å²) in [5.74, 6) is 0.105. The fourth-order valence-electron chi connectivity index (χ4n) is 14.5. The SMILES string of the molecule is CC(C)(C)c1ccc(C(c2ccc(OCc3cn(CCCC4(CCCn5cc(COc6ccc(C(c7ccc(C(C)(C)C)cc7)(c7ccc(C(C)(C)C)cc7)c7ccc(C(C)(C)C)cc7)cc6)nn5)C(=O)NC(=O)NC4=O)nn3)cc2)(c2ccc(C(C)(C)C)cc2)c2ccc(C(C)(C)C)cc2)cc1. The normalized spacial score (nSPS) is 14.1. The number of urea groups is 1. The molecule has 0 saturated carbocycles. The molecule has 1 aliphatic rings. The lowest BCUT2D eigenvalue weighted by Crippen LogP contribution is -2.62. The smallest absolute Gasteiger partial charge is 0.328 e. The molecule has 0 aliphatic carbocycles. The minimum absolute atomic E-state index is 0.0169. The zero-order chi connectivity index (χ0) is 74.1. The Morgan fingerprint density at radius 1 is 0.311 bits per heavy atom. The van der Waals surface area contributed by atoms with Gasteiger partial charge in [0.1, 0.15) is 41.5 Å². The Kier molecular flexibility index (Phi) is 20.8. The summed E-state index contributed by atoms with van der Waals surface area (Å²) >= 11 is 0. The summed E-state index contributed by atoms with van der Waals surface area (Å²) in [6, 6.07) is 70.9. The number of hydrogen-bond acceptors (Lipinski definition) is 9. The fourth-order valence-corrected chi connectivity index (χ4v) is 14.5. The maximum absolute atomic E-state index is 13.8. The van der Waals surface area contributed by atoms with Crippen molar-refractivity contribution in [2.75, 3.05) is 0 Å². The van der Waals surface area contributed by atoms with Crippen molar-refractivity contribution in [1.29, 1.82) is 0 Å². The highest BCUT2D eigenvalue weighted by atomic mass is 16.5. The number of hydrogen-bond donors (Lipinski definition) is 2. The van der Waals surface area contributed by atoms with Gasteiger partial charge in [0.2, 0.25) is 11.8 Å². The molecule has 13 nitrogen and oxygen atoms in total. The van der Waals surface area contributed by atoms with E-state index in [1.165, 1.54) is 66.8 Å². The van der Waals surface area contributed by atoms with Crippen LogP contribution in [0.4, 0.5) is 4.79 Å². The van der Waals surface area contributed by atoms with E-state index in [2.05, 4.69) is 326 Å². The minimum atomic E-state index is -1.51. The first-order chi connectivity index (χ1) is 48.5. The van der Waals surface area contributed by atoms with Crippen LogP contribution in [0.2, 0.25) is 0 Å². The van der Waals surface area contributed by atoms with Crippen molar-refractivity contribution < 1.29 is 23.9 Å². The van der Waals surface area contributed by atoms with E-state index in [4.69, 9.17) is 9.47 Å². The zero-order valence-corrected chi connectivity index (χ0v) is 64.0. The summed E-state index contributed by atoms with van der Waals surface area (Å²) in [5.41, 5.74) is 15.1. The van der Waals surface area contributed by atoms with Crippen LogP contribution in [0.3, 0.4) is 0 Å². The highest BCUT2D eigenvalue weighted by molar-refractivity contribution is 6.19. The van der Waals surface area contributed by atoms with Gasteiger partial charge in [-0.15, -0.1) is 10.2 Å². The van der Waals surface area contributed by atoms with Gasteiger partial charge in [0, 0.05) is 13.1 Å². The van der Waals surface area contributed by atoms with E-state index in [1.54, 1.807) is 9.36 Å². The number of ether oxygens (including phenoxy) is 2. The van der Waals surface area contributed by atoms with E-state index in [-0.39, 0.29) is 58.5 Å². The van der Waals surface area contributed by atoms with Crippen molar-refractivity contribution in [1.82, 2.24) is 40.6 Å². The molecule has 2 N–H and O–H groups in total. The molecule has 0 radical (unpaired) electrons. The van der Waals surface area contributed by atoms with Gasteiger partial charge in [0.15, 0.2) is 0 Å². The third kappa shape index (κ3) is 16.1. The van der Waals surface area contributed by atoms with Gasteiger partial charge in [-0.25, -0.2) is 4.79 Å². The number of barbiturate groups is 1. The van der Waals surface area contributed by atoms with E-state index in [0.29, 0.717) is 48.8 Å². The third-order valence-electron chi connectivity index (χ3n) is 20.9. The van der Waals surface area contributed by atoms with Gasteiger partial charge in [-0.1, -0.05) is 305 Å². The number of nitrogens with one attached hydrogen (secondary N) is 2. The first kappa shape index (κ1) is 74.4. The van der Waals surface area contributed by atoms with Crippen LogP contribution in [-0.2, 0) is 79.2 Å². The van der Waals surface area contributed by atoms with Crippen molar-refractivity contribution in [3.63, 3.8) is 0 Å². The Morgan fingerprint density at radius 3 is 0.728 bits per heavy atom. The van der Waals surface area contributed by atoms with Crippen LogP contribution >= 0.6 is 0 Å². The number of aromatic nitrogens is 6. The Labute approximate surface area is 611 Å². The van der Waals surface area contributed by atoms with Crippen LogP contribution in [0.15, 0.2) is 207 Å². The average molecular weight is 1380 g/mol. The number of aryl methyl sites for hydroxylation is 2. The molecule has 0 bridgehead atoms. The van der Waals surface area contributed by atoms with E-state index in [9.17, 15) is 14.4 Å². The molecule has 1 fully saturated rings. The number of imide groups is 2. The lowest BCUT2D eigenvalue weighted by molar-refractivity contribution is -0.145. The van der Waals surface area contributed by atoms with Gasteiger partial charge < -0.3 is 9.47 Å². The van der Waals surface area contributed by atoms with Crippen molar-refractivity contribution in [3.05, 3.63) is 296 Å². The molecular weight excluding hydrogens is 1270 g/mol. The molecule has 1 aliphatic heterocycles. The van der Waals surface area contributed by atoms with E-state index in [0.717, 1.165) is 11.1 Å². The Bertz CT molecular complexity index is 3990. The molecular formula is C90H106N8O5. The lowest BCUT2D eigenvalue weighted by Gasteiger charge is -2.38. The maximum atomic E-state index is 13.8. The molecule has 103 heavy (non-hydrogen) atoms. The number of amides is 4. The van der Waals surface area contributed by atoms with Gasteiger partial charge >= 0.3 is 6.03 Å². The standard InChI is InChI=1S/C90H106N8O5/c1-82(2,3)61-21-33-67(34-22-61)89(68-35-23-62(24-36-68)83(4,5)6,69-37-25-63(26-38-69)84(7,8)9)73-45-49-77(50-46-73)102-59-75-57-97(95-93-75)55-19-53-88(79(99)91-81(101)92-80(88)100)54-20-56-98-58-76(94-96-98)60-103-78-51-47-74(48-52-78)90(70-39-27-64(28-40-70)85(10,11)12,71-41-29-65(30-42-71)86(13,14)15)72-43-31-66(32-44-72)87(16,17)18/h21-52,57-58H,19-20,53-56,59-60H2,1-18H3,(H2,91,92,99,100,101). The van der Waals surface area contributed by atoms with Gasteiger partial charge in [0.25, 0.3) is 0 Å². The van der Waals surface area contributed by atoms with Gasteiger partial charge in [0.05, 0.1) is 23.2 Å². The van der Waals surface area contributed by atoms with Crippen LogP contribution in [0.1, 0.15) is 240 Å². The molecule has 8 aromatic carbocycles. The summed E-state index contributed by atoms with van der Waals surface area (Å²) in [5, 5.41) is 22.5. The number of benzene rings is 8. The molecule has 0 spiro atoms. The second-order valence-corrected chi connectivity index (χ2v) is 34.6. The molecule has 536 valence electrons. The zero-order valence-electron chi connectivity index (χ0n) is 64.0. The van der Waals surface area contributed by atoms with Crippen LogP contribution < -0.4 is 20.1 Å². The lowest BCUT2D eigenvalue weighted by atomic mass is 9.64. The van der Waals surface area contributed by atoms with E-state index in [1.807, 2.05) is 36.7 Å². The summed E-state index contributed by atoms with van der Waals surface area (Å²) < 4.78 is 16.2. The maximum Gasteiger partial charge on any atom is 0.328 e. The number of carbonyl (C=O) groups excluding carboxylic acids is 3. The molecule has 0 atom stereocenters. The monoisotopic (exact) mass is 1380 g/mol. The summed E-state index contributed by atoms with van der Waals surface area (Å²) in [4.78, 5) is 40.1. The highest BCUT2D eigenvalue weighted by Crippen LogP contribution is 2.50. The molecule has 0 unspecified atom stereocenters. The molecule has 2 aromatic heterocycles. The van der Waals surface area contributed by atoms with Crippen molar-refractivity contribution in [2.24, 2.45) is 5.41 Å². The number of carbonyl (C=O) groups is 3. The summed E-state index contributed by atoms with van der Waals surface area (Å²) in [6.07, 6.45) is 4.75. The molecule has 10 aromatic rings. The van der Waals surface area contributed by atoms with Crippen LogP contribution in [-0.4, -0.2) is 47.8 Å². The van der Waals surface area contributed by atoms with E-state index >= 15 is 0 Å². The summed E-state index contributed by atoms with van der Waals surface area (Å²) in [7, 11) is 0. The third-order valence-corrected chi connectivity index (χ3v) is 20.9. The molecule has 4 amide bonds. The number of nitrogens with zero attached hydrogens (tertiary/aromatic N) is 6. The summed E-state index contributed by atoms with van der Waals surface area (Å²) in [6.45, 7) is 41.6. The topological polar surface area (TPSA) is 155 Å². The van der Waals surface area contributed by atoms with Crippen molar-refractivity contribution in [2.45, 2.75) is 220 Å². The van der Waals surface area contributed by atoms with Crippen LogP contribution in [0.25, 0.3) is 0 Å². The first-order valence-electron chi connectivity index (χ1n) is 36.6. The fraction of sp³-hybridized carbons (Fsp3) is 0.389. The van der Waals surface area contributed by atoms with Crippen LogP contribution in [0, 0.1) is 5.41 Å². The average Bonchev–Trinajstić information content (AvgIpc) is 1.65. The second kappa shape index (κ2) is 28.8.